The molecule has 2 amide bonds. The van der Waals surface area contributed by atoms with Crippen LogP contribution in [0.4, 0.5) is 11.4 Å². The van der Waals surface area contributed by atoms with Crippen LogP contribution >= 0.6 is 0 Å². The van der Waals surface area contributed by atoms with Gasteiger partial charge in [0, 0.05) is 30.8 Å². The van der Waals surface area contributed by atoms with Crippen molar-refractivity contribution in [1.82, 2.24) is 4.72 Å². The molecule has 0 aromatic heterocycles. The fourth-order valence-electron chi connectivity index (χ4n) is 2.54. The molecule has 2 rings (SSSR count). The normalized spacial score (nSPS) is 11.3. The first kappa shape index (κ1) is 21.6. The van der Waals surface area contributed by atoms with E-state index in [0.717, 1.165) is 5.56 Å². The molecule has 0 bridgehead atoms. The third-order valence-electron chi connectivity index (χ3n) is 3.75. The van der Waals surface area contributed by atoms with Crippen molar-refractivity contribution in [2.24, 2.45) is 0 Å². The van der Waals surface area contributed by atoms with Crippen molar-refractivity contribution in [2.75, 3.05) is 10.6 Å². The van der Waals surface area contributed by atoms with Crippen LogP contribution in [0.5, 0.6) is 0 Å². The summed E-state index contributed by atoms with van der Waals surface area (Å²) in [5.74, 6) is -0.305. The van der Waals surface area contributed by atoms with Crippen molar-refractivity contribution in [1.29, 1.82) is 0 Å². The number of hydrogen-bond donors (Lipinski definition) is 3. The molecule has 0 unspecified atom stereocenters. The van der Waals surface area contributed by atoms with E-state index in [1.165, 1.54) is 6.92 Å². The van der Waals surface area contributed by atoms with Crippen LogP contribution in [0.1, 0.15) is 32.8 Å². The van der Waals surface area contributed by atoms with Gasteiger partial charge in [0.2, 0.25) is 21.8 Å². The van der Waals surface area contributed by atoms with Gasteiger partial charge in [-0.15, -0.1) is 0 Å². The van der Waals surface area contributed by atoms with Gasteiger partial charge < -0.3 is 10.6 Å². The van der Waals surface area contributed by atoms with E-state index < -0.39 is 10.0 Å². The number of sulfonamides is 1. The highest BCUT2D eigenvalue weighted by atomic mass is 32.2. The number of carbonyl (C=O) groups excluding carboxylic acids is 2. The summed E-state index contributed by atoms with van der Waals surface area (Å²) < 4.78 is 26.7. The largest absolute Gasteiger partial charge is 0.326 e. The molecule has 150 valence electrons. The SMILES string of the molecule is CC(=O)Nc1ccc(NC(=O)CCc2ccc(S(=O)(=O)NC(C)C)cc2)cc1. The zero-order valence-electron chi connectivity index (χ0n) is 16.2. The molecule has 0 aliphatic heterocycles. The van der Waals surface area contributed by atoms with E-state index in [1.807, 2.05) is 0 Å². The van der Waals surface area contributed by atoms with Gasteiger partial charge in [-0.05, 0) is 62.2 Å². The Bertz CT molecular complexity index is 921. The summed E-state index contributed by atoms with van der Waals surface area (Å²) in [6, 6.07) is 13.2. The zero-order valence-corrected chi connectivity index (χ0v) is 17.0. The molecular weight excluding hydrogens is 378 g/mol. The van der Waals surface area contributed by atoms with Crippen LogP contribution in [-0.2, 0) is 26.0 Å². The summed E-state index contributed by atoms with van der Waals surface area (Å²) in [5.41, 5.74) is 2.17. The van der Waals surface area contributed by atoms with Gasteiger partial charge in [0.05, 0.1) is 4.90 Å². The number of nitrogens with one attached hydrogen (secondary N) is 3. The average Bonchev–Trinajstić information content (AvgIpc) is 2.60. The molecule has 0 radical (unpaired) electrons. The number of carbonyl (C=O) groups is 2. The second-order valence-electron chi connectivity index (χ2n) is 6.73. The summed E-state index contributed by atoms with van der Waals surface area (Å²) in [7, 11) is -3.51. The maximum atomic E-state index is 12.1. The van der Waals surface area contributed by atoms with E-state index in [2.05, 4.69) is 15.4 Å². The summed E-state index contributed by atoms with van der Waals surface area (Å²) in [6.45, 7) is 4.95. The fraction of sp³-hybridized carbons (Fsp3) is 0.300. The third-order valence-corrected chi connectivity index (χ3v) is 5.43. The second kappa shape index (κ2) is 9.48. The minimum atomic E-state index is -3.51. The topological polar surface area (TPSA) is 104 Å². The second-order valence-corrected chi connectivity index (χ2v) is 8.44. The zero-order chi connectivity index (χ0) is 20.7. The molecule has 0 saturated heterocycles. The molecule has 2 aromatic carbocycles. The Balaban J connectivity index is 1.88. The van der Waals surface area contributed by atoms with Crippen LogP contribution in [0.3, 0.4) is 0 Å². The van der Waals surface area contributed by atoms with Gasteiger partial charge in [0.1, 0.15) is 0 Å². The van der Waals surface area contributed by atoms with Crippen molar-refractivity contribution < 1.29 is 18.0 Å². The quantitative estimate of drug-likeness (QED) is 0.630. The molecule has 8 heteroatoms. The van der Waals surface area contributed by atoms with E-state index in [4.69, 9.17) is 0 Å². The molecule has 0 heterocycles. The highest BCUT2D eigenvalue weighted by molar-refractivity contribution is 7.89. The van der Waals surface area contributed by atoms with E-state index in [9.17, 15) is 18.0 Å². The predicted molar refractivity (Wildman–Crippen MR) is 110 cm³/mol. The predicted octanol–water partition coefficient (Wildman–Crippen LogP) is 2.90. The van der Waals surface area contributed by atoms with E-state index >= 15 is 0 Å². The summed E-state index contributed by atoms with van der Waals surface area (Å²) in [6.07, 6.45) is 0.761. The van der Waals surface area contributed by atoms with Gasteiger partial charge in [-0.2, -0.15) is 0 Å². The Morgan fingerprint density at radius 2 is 1.43 bits per heavy atom. The Morgan fingerprint density at radius 1 is 0.893 bits per heavy atom. The number of aryl methyl sites for hydroxylation is 1. The van der Waals surface area contributed by atoms with Gasteiger partial charge >= 0.3 is 0 Å². The van der Waals surface area contributed by atoms with Gasteiger partial charge in [0.25, 0.3) is 0 Å². The average molecular weight is 404 g/mol. The van der Waals surface area contributed by atoms with E-state index in [1.54, 1.807) is 62.4 Å². The van der Waals surface area contributed by atoms with Crippen LogP contribution in [0, 0.1) is 0 Å². The van der Waals surface area contributed by atoms with Crippen molar-refractivity contribution in [2.45, 2.75) is 44.6 Å². The molecule has 2 aromatic rings. The Labute approximate surface area is 165 Å². The third kappa shape index (κ3) is 6.79. The lowest BCUT2D eigenvalue weighted by Gasteiger charge is -2.10. The maximum Gasteiger partial charge on any atom is 0.240 e. The fourth-order valence-corrected chi connectivity index (χ4v) is 3.79. The number of hydrogen-bond acceptors (Lipinski definition) is 4. The molecule has 28 heavy (non-hydrogen) atoms. The lowest BCUT2D eigenvalue weighted by Crippen LogP contribution is -2.30. The van der Waals surface area contributed by atoms with E-state index in [-0.39, 0.29) is 29.2 Å². The van der Waals surface area contributed by atoms with Crippen molar-refractivity contribution in [3.63, 3.8) is 0 Å². The lowest BCUT2D eigenvalue weighted by molar-refractivity contribution is -0.116. The number of benzene rings is 2. The minimum absolute atomic E-state index is 0.148. The maximum absolute atomic E-state index is 12.1. The highest BCUT2D eigenvalue weighted by Gasteiger charge is 2.15. The van der Waals surface area contributed by atoms with Crippen LogP contribution < -0.4 is 15.4 Å². The first-order valence-electron chi connectivity index (χ1n) is 8.94. The molecule has 0 fully saturated rings. The first-order chi connectivity index (χ1) is 13.2. The summed E-state index contributed by atoms with van der Waals surface area (Å²) >= 11 is 0. The smallest absolute Gasteiger partial charge is 0.240 e. The number of anilines is 2. The van der Waals surface area contributed by atoms with Gasteiger partial charge in [-0.25, -0.2) is 13.1 Å². The molecule has 0 atom stereocenters. The minimum Gasteiger partial charge on any atom is -0.326 e. The Hall–Kier alpha value is -2.71. The number of rotatable bonds is 8. The Kier molecular flexibility index (Phi) is 7.31. The molecular formula is C20H25N3O4S. The molecule has 7 nitrogen and oxygen atoms in total. The monoisotopic (exact) mass is 403 g/mol. The van der Waals surface area contributed by atoms with Crippen LogP contribution in [0.25, 0.3) is 0 Å². The van der Waals surface area contributed by atoms with Crippen LogP contribution in [0.15, 0.2) is 53.4 Å². The van der Waals surface area contributed by atoms with Crippen molar-refractivity contribution in [3.05, 3.63) is 54.1 Å². The summed E-state index contributed by atoms with van der Waals surface area (Å²) in [5, 5.41) is 5.45. The molecule has 0 aliphatic rings. The van der Waals surface area contributed by atoms with Crippen molar-refractivity contribution >= 4 is 33.2 Å². The first-order valence-corrected chi connectivity index (χ1v) is 10.4. The van der Waals surface area contributed by atoms with Crippen LogP contribution in [0.2, 0.25) is 0 Å². The van der Waals surface area contributed by atoms with Crippen molar-refractivity contribution in [3.8, 4) is 0 Å². The highest BCUT2D eigenvalue weighted by Crippen LogP contribution is 2.15. The molecule has 0 spiro atoms. The van der Waals surface area contributed by atoms with E-state index in [0.29, 0.717) is 17.8 Å². The van der Waals surface area contributed by atoms with Gasteiger partial charge in [0.15, 0.2) is 0 Å². The lowest BCUT2D eigenvalue weighted by atomic mass is 10.1. The molecule has 0 aliphatic carbocycles. The molecule has 0 saturated carbocycles. The van der Waals surface area contributed by atoms with Crippen LogP contribution in [-0.4, -0.2) is 26.3 Å². The molecule has 3 N–H and O–H groups in total. The van der Waals surface area contributed by atoms with Gasteiger partial charge in [-0.1, -0.05) is 12.1 Å². The van der Waals surface area contributed by atoms with Gasteiger partial charge in [-0.3, -0.25) is 9.59 Å². The summed E-state index contributed by atoms with van der Waals surface area (Å²) in [4.78, 5) is 23.3. The standard InChI is InChI=1S/C20H25N3O4S/c1-14(2)23-28(26,27)19-11-4-16(5-12-19)6-13-20(25)22-18-9-7-17(8-10-18)21-15(3)24/h4-5,7-12,14,23H,6,13H2,1-3H3,(H,21,24)(H,22,25). The Morgan fingerprint density at radius 3 is 1.93 bits per heavy atom. The number of amides is 2.